The summed E-state index contributed by atoms with van der Waals surface area (Å²) in [7, 11) is 1.25. The Kier molecular flexibility index (Phi) is 4.51. The van der Waals surface area contributed by atoms with Crippen molar-refractivity contribution in [3.63, 3.8) is 0 Å². The minimum absolute atomic E-state index is 0.0193. The minimum Gasteiger partial charge on any atom is -0.496 e. The lowest BCUT2D eigenvalue weighted by atomic mass is 10.0. The molecule has 0 amide bonds. The molecule has 0 aliphatic heterocycles. The zero-order chi connectivity index (χ0) is 13.2. The minimum atomic E-state index is -0.938. The molecule has 0 spiro atoms. The van der Waals surface area contributed by atoms with Gasteiger partial charge in [0.05, 0.1) is 18.2 Å². The molecule has 0 saturated heterocycles. The fourth-order valence-corrected chi connectivity index (χ4v) is 1.70. The molecule has 0 aliphatic rings. The van der Waals surface area contributed by atoms with E-state index in [-0.39, 0.29) is 22.4 Å². The third kappa shape index (κ3) is 2.97. The summed E-state index contributed by atoms with van der Waals surface area (Å²) in [6, 6.07) is 2.29. The summed E-state index contributed by atoms with van der Waals surface area (Å²) in [6.45, 7) is 0. The lowest BCUT2D eigenvalue weighted by molar-refractivity contribution is 0.104. The lowest BCUT2D eigenvalue weighted by Gasteiger charge is -2.09. The van der Waals surface area contributed by atoms with Crippen LogP contribution in [0.2, 0.25) is 0 Å². The van der Waals surface area contributed by atoms with E-state index >= 15 is 0 Å². The van der Waals surface area contributed by atoms with Gasteiger partial charge in [-0.1, -0.05) is 0 Å². The van der Waals surface area contributed by atoms with Crippen molar-refractivity contribution in [1.29, 1.82) is 0 Å². The van der Waals surface area contributed by atoms with Crippen LogP contribution in [0.15, 0.2) is 12.1 Å². The van der Waals surface area contributed by atoms with E-state index in [0.29, 0.717) is 0 Å². The molecular weight excluding hydrogens is 290 g/mol. The van der Waals surface area contributed by atoms with Gasteiger partial charge in [0, 0.05) is 5.56 Å². The quantitative estimate of drug-likeness (QED) is 0.801. The van der Waals surface area contributed by atoms with Gasteiger partial charge in [-0.15, -0.1) is 0 Å². The molecule has 7 heteroatoms. The van der Waals surface area contributed by atoms with Crippen molar-refractivity contribution in [2.24, 2.45) is 0 Å². The van der Waals surface area contributed by atoms with E-state index in [9.17, 15) is 14.4 Å². The third-order valence-corrected chi connectivity index (χ3v) is 2.57. The van der Waals surface area contributed by atoms with E-state index in [4.69, 9.17) is 39.5 Å². The van der Waals surface area contributed by atoms with Crippen LogP contribution in [0, 0.1) is 0 Å². The standard InChI is InChI=1S/C10H5Cl3O4/c1-17-6-3-4(8(11)14)2-5(9(12)15)7(6)10(13)16/h2-3H,1H3. The maximum absolute atomic E-state index is 11.2. The Labute approximate surface area is 111 Å². The molecule has 0 fully saturated rings. The fraction of sp³-hybridized carbons (Fsp3) is 0.100. The largest absolute Gasteiger partial charge is 0.496 e. The van der Waals surface area contributed by atoms with E-state index in [2.05, 4.69) is 0 Å². The van der Waals surface area contributed by atoms with Crippen LogP contribution in [0.25, 0.3) is 0 Å². The normalized spacial score (nSPS) is 9.88. The highest BCUT2D eigenvalue weighted by molar-refractivity contribution is 6.72. The van der Waals surface area contributed by atoms with Crippen LogP contribution < -0.4 is 4.74 Å². The molecule has 0 aromatic heterocycles. The average molecular weight is 296 g/mol. The highest BCUT2D eigenvalue weighted by Gasteiger charge is 2.22. The van der Waals surface area contributed by atoms with Gasteiger partial charge in [-0.2, -0.15) is 0 Å². The Bertz CT molecular complexity index is 511. The molecule has 4 nitrogen and oxygen atoms in total. The first-order valence-electron chi connectivity index (χ1n) is 4.20. The molecule has 17 heavy (non-hydrogen) atoms. The van der Waals surface area contributed by atoms with Gasteiger partial charge in [-0.25, -0.2) is 0 Å². The van der Waals surface area contributed by atoms with Gasteiger partial charge in [0.15, 0.2) is 0 Å². The summed E-state index contributed by atoms with van der Waals surface area (Å²) >= 11 is 15.9. The maximum atomic E-state index is 11.2. The highest BCUT2D eigenvalue weighted by atomic mass is 35.5. The number of rotatable bonds is 4. The summed E-state index contributed by atoms with van der Waals surface area (Å²) in [5, 5.41) is -2.66. The van der Waals surface area contributed by atoms with Crippen LogP contribution in [0.4, 0.5) is 0 Å². The van der Waals surface area contributed by atoms with E-state index in [0.717, 1.165) is 6.07 Å². The summed E-state index contributed by atoms with van der Waals surface area (Å²) < 4.78 is 4.86. The maximum Gasteiger partial charge on any atom is 0.256 e. The molecule has 1 aromatic rings. The summed E-state index contributed by atoms with van der Waals surface area (Å²) in [4.78, 5) is 33.4. The van der Waals surface area contributed by atoms with Crippen molar-refractivity contribution in [2.45, 2.75) is 0 Å². The van der Waals surface area contributed by atoms with E-state index in [1.165, 1.54) is 13.2 Å². The Morgan fingerprint density at radius 2 is 1.59 bits per heavy atom. The van der Waals surface area contributed by atoms with Crippen molar-refractivity contribution >= 4 is 50.5 Å². The fourth-order valence-electron chi connectivity index (χ4n) is 1.25. The van der Waals surface area contributed by atoms with Crippen LogP contribution in [0.3, 0.4) is 0 Å². The Morgan fingerprint density at radius 1 is 1.00 bits per heavy atom. The molecule has 0 unspecified atom stereocenters. The van der Waals surface area contributed by atoms with E-state index in [1.54, 1.807) is 0 Å². The van der Waals surface area contributed by atoms with Crippen molar-refractivity contribution < 1.29 is 19.1 Å². The topological polar surface area (TPSA) is 60.4 Å². The van der Waals surface area contributed by atoms with Crippen molar-refractivity contribution in [2.75, 3.05) is 7.11 Å². The molecule has 1 rings (SSSR count). The van der Waals surface area contributed by atoms with Crippen LogP contribution in [-0.4, -0.2) is 22.8 Å². The number of halogens is 3. The number of carbonyl (C=O) groups is 3. The van der Waals surface area contributed by atoms with E-state index in [1.807, 2.05) is 0 Å². The van der Waals surface area contributed by atoms with Crippen LogP contribution >= 0.6 is 34.8 Å². The zero-order valence-corrected chi connectivity index (χ0v) is 10.7. The predicted octanol–water partition coefficient (Wildman–Crippen LogP) is 2.83. The summed E-state index contributed by atoms with van der Waals surface area (Å²) in [5.41, 5.74) is -0.444. The highest BCUT2D eigenvalue weighted by Crippen LogP contribution is 2.28. The molecule has 0 bridgehead atoms. The molecule has 0 saturated carbocycles. The number of benzene rings is 1. The van der Waals surface area contributed by atoms with E-state index < -0.39 is 15.7 Å². The average Bonchev–Trinajstić information content (AvgIpc) is 2.26. The van der Waals surface area contributed by atoms with Crippen LogP contribution in [-0.2, 0) is 0 Å². The van der Waals surface area contributed by atoms with Gasteiger partial charge in [0.1, 0.15) is 5.75 Å². The Hall–Kier alpha value is -1.10. The number of ether oxygens (including phenoxy) is 1. The van der Waals surface area contributed by atoms with Crippen molar-refractivity contribution in [1.82, 2.24) is 0 Å². The Balaban J connectivity index is 3.63. The van der Waals surface area contributed by atoms with Gasteiger partial charge in [-0.05, 0) is 46.9 Å². The van der Waals surface area contributed by atoms with Gasteiger partial charge in [0.25, 0.3) is 15.7 Å². The van der Waals surface area contributed by atoms with Gasteiger partial charge in [-0.3, -0.25) is 14.4 Å². The molecular formula is C10H5Cl3O4. The lowest BCUT2D eigenvalue weighted by Crippen LogP contribution is -2.06. The second kappa shape index (κ2) is 5.49. The predicted molar refractivity (Wildman–Crippen MR) is 63.5 cm³/mol. The van der Waals surface area contributed by atoms with Crippen LogP contribution in [0.5, 0.6) is 5.75 Å². The molecule has 0 aliphatic carbocycles. The van der Waals surface area contributed by atoms with Gasteiger partial charge in [0.2, 0.25) is 0 Å². The van der Waals surface area contributed by atoms with Crippen molar-refractivity contribution in [3.8, 4) is 5.75 Å². The first-order chi connectivity index (χ1) is 7.88. The van der Waals surface area contributed by atoms with Gasteiger partial charge < -0.3 is 4.74 Å². The number of carbonyl (C=O) groups excluding carboxylic acids is 3. The molecule has 0 heterocycles. The third-order valence-electron chi connectivity index (χ3n) is 1.96. The van der Waals surface area contributed by atoms with Crippen molar-refractivity contribution in [3.05, 3.63) is 28.8 Å². The Morgan fingerprint density at radius 3 is 1.94 bits per heavy atom. The molecule has 1 aromatic carbocycles. The second-order valence-electron chi connectivity index (χ2n) is 2.92. The molecule has 0 N–H and O–H groups in total. The number of hydrogen-bond donors (Lipinski definition) is 0. The first kappa shape index (κ1) is 14.0. The summed E-state index contributed by atoms with van der Waals surface area (Å²) in [5.74, 6) is -0.0412. The molecule has 90 valence electrons. The van der Waals surface area contributed by atoms with Crippen LogP contribution in [0.1, 0.15) is 31.1 Å². The zero-order valence-electron chi connectivity index (χ0n) is 8.42. The first-order valence-corrected chi connectivity index (χ1v) is 5.33. The SMILES string of the molecule is COc1cc(C(=O)Cl)cc(C(=O)Cl)c1C(=O)Cl. The smallest absolute Gasteiger partial charge is 0.256 e. The molecule has 0 radical (unpaired) electrons. The van der Waals surface area contributed by atoms with Gasteiger partial charge >= 0.3 is 0 Å². The summed E-state index contributed by atoms with van der Waals surface area (Å²) in [6.07, 6.45) is 0. The second-order valence-corrected chi connectivity index (χ2v) is 3.95. The number of methoxy groups -OCH3 is 1. The monoisotopic (exact) mass is 294 g/mol. The molecule has 0 atom stereocenters. The number of hydrogen-bond acceptors (Lipinski definition) is 4.